The van der Waals surface area contributed by atoms with Crippen LogP contribution in [0.15, 0.2) is 60.7 Å². The molecule has 138 valence electrons. The van der Waals surface area contributed by atoms with Crippen LogP contribution in [0, 0.1) is 12.9 Å². The molecule has 0 aliphatic carbocycles. The Labute approximate surface area is 158 Å². The lowest BCUT2D eigenvalue weighted by Crippen LogP contribution is -2.14. The van der Waals surface area contributed by atoms with Gasteiger partial charge in [-0.15, -0.1) is 0 Å². The van der Waals surface area contributed by atoms with E-state index in [2.05, 4.69) is 23.3 Å². The van der Waals surface area contributed by atoms with Crippen molar-refractivity contribution < 1.29 is 13.9 Å². The summed E-state index contributed by atoms with van der Waals surface area (Å²) in [7, 11) is 0. The summed E-state index contributed by atoms with van der Waals surface area (Å²) in [5.74, 6) is 0.422. The summed E-state index contributed by atoms with van der Waals surface area (Å²) in [6.45, 7) is 3.73. The van der Waals surface area contributed by atoms with Crippen molar-refractivity contribution in [1.29, 1.82) is 0 Å². The zero-order valence-electron chi connectivity index (χ0n) is 15.3. The predicted molar refractivity (Wildman–Crippen MR) is 104 cm³/mol. The Balaban J connectivity index is 1.73. The van der Waals surface area contributed by atoms with Gasteiger partial charge in [-0.2, -0.15) is 4.39 Å². The first-order valence-electron chi connectivity index (χ1n) is 8.86. The van der Waals surface area contributed by atoms with E-state index in [1.54, 1.807) is 25.1 Å². The van der Waals surface area contributed by atoms with Crippen LogP contribution in [0.2, 0.25) is 0 Å². The van der Waals surface area contributed by atoms with E-state index in [-0.39, 0.29) is 5.91 Å². The number of carbonyl (C=O) groups is 1. The third-order valence-corrected chi connectivity index (χ3v) is 4.06. The molecule has 5 heteroatoms. The van der Waals surface area contributed by atoms with Crippen LogP contribution in [0.5, 0.6) is 11.5 Å². The molecule has 1 N–H and O–H groups in total. The van der Waals surface area contributed by atoms with Gasteiger partial charge in [-0.3, -0.25) is 4.79 Å². The highest BCUT2D eigenvalue weighted by Crippen LogP contribution is 2.25. The van der Waals surface area contributed by atoms with Gasteiger partial charge in [0, 0.05) is 11.8 Å². The van der Waals surface area contributed by atoms with Crippen molar-refractivity contribution >= 4 is 11.6 Å². The number of ether oxygens (including phenoxy) is 1. The predicted octanol–water partition coefficient (Wildman–Crippen LogP) is 5.53. The fraction of sp³-hybridized carbons (Fsp3) is 0.182. The van der Waals surface area contributed by atoms with Gasteiger partial charge in [0.1, 0.15) is 11.5 Å². The van der Waals surface area contributed by atoms with E-state index in [9.17, 15) is 9.18 Å². The molecule has 0 radical (unpaired) electrons. The second kappa shape index (κ2) is 8.45. The zero-order chi connectivity index (χ0) is 19.2. The summed E-state index contributed by atoms with van der Waals surface area (Å²) in [4.78, 5) is 16.1. The Morgan fingerprint density at radius 2 is 1.81 bits per heavy atom. The highest BCUT2D eigenvalue weighted by atomic mass is 19.1. The minimum atomic E-state index is -0.607. The van der Waals surface area contributed by atoms with Crippen molar-refractivity contribution in [2.24, 2.45) is 0 Å². The van der Waals surface area contributed by atoms with E-state index in [0.717, 1.165) is 18.6 Å². The van der Waals surface area contributed by atoms with Gasteiger partial charge in [0.15, 0.2) is 0 Å². The molecule has 3 aromatic rings. The van der Waals surface area contributed by atoms with E-state index in [1.807, 2.05) is 24.3 Å². The number of aromatic nitrogens is 1. The third-order valence-electron chi connectivity index (χ3n) is 4.06. The van der Waals surface area contributed by atoms with E-state index in [0.29, 0.717) is 22.7 Å². The van der Waals surface area contributed by atoms with E-state index in [1.165, 1.54) is 17.7 Å². The first kappa shape index (κ1) is 18.6. The van der Waals surface area contributed by atoms with Crippen molar-refractivity contribution in [3.63, 3.8) is 0 Å². The van der Waals surface area contributed by atoms with Gasteiger partial charge in [0.05, 0.1) is 11.3 Å². The molecule has 0 aliphatic rings. The van der Waals surface area contributed by atoms with E-state index in [4.69, 9.17) is 4.74 Å². The number of benzene rings is 2. The Morgan fingerprint density at radius 1 is 1.07 bits per heavy atom. The molecule has 4 nitrogen and oxygen atoms in total. The van der Waals surface area contributed by atoms with Crippen LogP contribution in [-0.4, -0.2) is 10.9 Å². The fourth-order valence-electron chi connectivity index (χ4n) is 2.80. The Bertz CT molecular complexity index is 957. The molecule has 0 saturated carbocycles. The minimum absolute atomic E-state index is 0.329. The van der Waals surface area contributed by atoms with Crippen LogP contribution in [0.1, 0.15) is 35.0 Å². The number of amides is 1. The first-order valence-corrected chi connectivity index (χ1v) is 8.86. The molecule has 0 spiro atoms. The molecule has 0 bridgehead atoms. The normalized spacial score (nSPS) is 10.5. The van der Waals surface area contributed by atoms with Crippen molar-refractivity contribution in [1.82, 2.24) is 4.98 Å². The molecule has 1 heterocycles. The van der Waals surface area contributed by atoms with Crippen LogP contribution in [0.4, 0.5) is 10.1 Å². The lowest BCUT2D eigenvalue weighted by molar-refractivity contribution is 0.102. The number of nitrogens with one attached hydrogen (secondary N) is 1. The van der Waals surface area contributed by atoms with Gasteiger partial charge in [-0.25, -0.2) is 4.98 Å². The Hall–Kier alpha value is -3.21. The molecule has 1 amide bonds. The van der Waals surface area contributed by atoms with Crippen LogP contribution < -0.4 is 10.1 Å². The molecular weight excluding hydrogens is 343 g/mol. The number of aryl methyl sites for hydroxylation is 2. The standard InChI is InChI=1S/C22H21FN2O2/c1-3-6-16-7-4-9-18(13-16)27-19-10-5-8-17(14-19)25-22(26)20-11-12-21(23)24-15(20)2/h4-5,7-14H,3,6H2,1-2H3,(H,25,26). The second-order valence-electron chi connectivity index (χ2n) is 6.25. The summed E-state index contributed by atoms with van der Waals surface area (Å²) in [5.41, 5.74) is 2.48. The lowest BCUT2D eigenvalue weighted by Gasteiger charge is -2.10. The van der Waals surface area contributed by atoms with Gasteiger partial charge >= 0.3 is 0 Å². The molecule has 3 rings (SSSR count). The van der Waals surface area contributed by atoms with Crippen molar-refractivity contribution in [3.8, 4) is 11.5 Å². The number of rotatable bonds is 6. The van der Waals surface area contributed by atoms with Crippen molar-refractivity contribution in [3.05, 3.63) is 83.4 Å². The molecule has 0 unspecified atom stereocenters. The highest BCUT2D eigenvalue weighted by Gasteiger charge is 2.11. The Morgan fingerprint density at radius 3 is 2.56 bits per heavy atom. The molecule has 0 saturated heterocycles. The smallest absolute Gasteiger partial charge is 0.257 e. The fourth-order valence-corrected chi connectivity index (χ4v) is 2.80. The second-order valence-corrected chi connectivity index (χ2v) is 6.25. The molecule has 0 aliphatic heterocycles. The quantitative estimate of drug-likeness (QED) is 0.585. The van der Waals surface area contributed by atoms with Crippen molar-refractivity contribution in [2.75, 3.05) is 5.32 Å². The molecule has 2 aromatic carbocycles. The number of nitrogens with zero attached hydrogens (tertiary/aromatic N) is 1. The van der Waals surface area contributed by atoms with E-state index < -0.39 is 5.95 Å². The maximum absolute atomic E-state index is 13.1. The minimum Gasteiger partial charge on any atom is -0.457 e. The van der Waals surface area contributed by atoms with Crippen molar-refractivity contribution in [2.45, 2.75) is 26.7 Å². The maximum atomic E-state index is 13.1. The molecule has 0 atom stereocenters. The summed E-state index contributed by atoms with van der Waals surface area (Å²) in [6, 6.07) is 17.7. The van der Waals surface area contributed by atoms with E-state index >= 15 is 0 Å². The molecule has 27 heavy (non-hydrogen) atoms. The van der Waals surface area contributed by atoms with Crippen LogP contribution >= 0.6 is 0 Å². The van der Waals surface area contributed by atoms with Gasteiger partial charge < -0.3 is 10.1 Å². The number of hydrogen-bond donors (Lipinski definition) is 1. The lowest BCUT2D eigenvalue weighted by atomic mass is 10.1. The third kappa shape index (κ3) is 4.91. The number of carbonyl (C=O) groups excluding carboxylic acids is 1. The van der Waals surface area contributed by atoms with Gasteiger partial charge in [0.25, 0.3) is 5.91 Å². The topological polar surface area (TPSA) is 51.2 Å². The summed E-state index contributed by atoms with van der Waals surface area (Å²) >= 11 is 0. The average molecular weight is 364 g/mol. The molecule has 0 fully saturated rings. The molecule has 1 aromatic heterocycles. The average Bonchev–Trinajstić information content (AvgIpc) is 2.62. The van der Waals surface area contributed by atoms with Gasteiger partial charge in [-0.1, -0.05) is 31.5 Å². The Kier molecular flexibility index (Phi) is 5.81. The van der Waals surface area contributed by atoms with Gasteiger partial charge in [-0.05, 0) is 55.3 Å². The first-order chi connectivity index (χ1) is 13.0. The number of halogens is 1. The number of anilines is 1. The largest absolute Gasteiger partial charge is 0.457 e. The zero-order valence-corrected chi connectivity index (χ0v) is 15.3. The van der Waals surface area contributed by atoms with Gasteiger partial charge in [0.2, 0.25) is 5.95 Å². The van der Waals surface area contributed by atoms with Crippen LogP contribution in [-0.2, 0) is 6.42 Å². The van der Waals surface area contributed by atoms with Crippen LogP contribution in [0.25, 0.3) is 0 Å². The molecular formula is C22H21FN2O2. The number of pyridine rings is 1. The monoisotopic (exact) mass is 364 g/mol. The highest BCUT2D eigenvalue weighted by molar-refractivity contribution is 6.05. The number of hydrogen-bond acceptors (Lipinski definition) is 3. The maximum Gasteiger partial charge on any atom is 0.257 e. The summed E-state index contributed by atoms with van der Waals surface area (Å²) in [6.07, 6.45) is 2.07. The SMILES string of the molecule is CCCc1cccc(Oc2cccc(NC(=O)c3ccc(F)nc3C)c2)c1. The van der Waals surface area contributed by atoms with Crippen LogP contribution in [0.3, 0.4) is 0 Å². The summed E-state index contributed by atoms with van der Waals surface area (Å²) < 4.78 is 19.0. The summed E-state index contributed by atoms with van der Waals surface area (Å²) in [5, 5.41) is 2.79.